The SMILES string of the molecule is CC(C)OC(=O)N1CCN(c2ccnc(-c3c[nH]c4ncc(Cl)cc34)n2)[C@H](C(=O)NCC(F)(F)F)C1. The summed E-state index contributed by atoms with van der Waals surface area (Å²) in [5.74, 6) is -0.273. The van der Waals surface area contributed by atoms with Crippen LogP contribution in [0.1, 0.15) is 13.8 Å². The number of nitrogens with one attached hydrogen (secondary N) is 2. The Hall–Kier alpha value is -3.61. The lowest BCUT2D eigenvalue weighted by molar-refractivity contribution is -0.139. The van der Waals surface area contributed by atoms with E-state index in [-0.39, 0.29) is 19.6 Å². The lowest BCUT2D eigenvalue weighted by atomic mass is 10.1. The molecule has 0 spiro atoms. The Balaban J connectivity index is 1.64. The minimum absolute atomic E-state index is 0.134. The lowest BCUT2D eigenvalue weighted by Gasteiger charge is -2.40. The average molecular weight is 526 g/mol. The molecule has 3 aromatic heterocycles. The van der Waals surface area contributed by atoms with E-state index in [1.54, 1.807) is 37.1 Å². The molecule has 0 radical (unpaired) electrons. The molecule has 1 atom stereocenters. The van der Waals surface area contributed by atoms with Crippen molar-refractivity contribution in [2.45, 2.75) is 32.2 Å². The van der Waals surface area contributed by atoms with E-state index >= 15 is 0 Å². The van der Waals surface area contributed by atoms with E-state index < -0.39 is 36.9 Å². The van der Waals surface area contributed by atoms with Crippen molar-refractivity contribution in [1.82, 2.24) is 30.2 Å². The molecular formula is C22H23ClF3N7O3. The molecule has 2 N–H and O–H groups in total. The van der Waals surface area contributed by atoms with Crippen molar-refractivity contribution in [2.75, 3.05) is 31.1 Å². The normalized spacial score (nSPS) is 16.5. The zero-order chi connectivity index (χ0) is 26.0. The number of nitrogens with zero attached hydrogens (tertiary/aromatic N) is 5. The third-order valence-corrected chi connectivity index (χ3v) is 5.62. The van der Waals surface area contributed by atoms with Crippen molar-refractivity contribution < 1.29 is 27.5 Å². The van der Waals surface area contributed by atoms with Crippen molar-refractivity contribution in [3.05, 3.63) is 35.7 Å². The van der Waals surface area contributed by atoms with Gasteiger partial charge in [0.15, 0.2) is 5.82 Å². The Bertz CT molecular complexity index is 1270. The van der Waals surface area contributed by atoms with Gasteiger partial charge in [0.1, 0.15) is 24.1 Å². The molecule has 1 aliphatic heterocycles. The molecular weight excluding hydrogens is 503 g/mol. The molecule has 4 heterocycles. The van der Waals surface area contributed by atoms with Crippen LogP contribution in [0.3, 0.4) is 0 Å². The van der Waals surface area contributed by atoms with Gasteiger partial charge in [0.05, 0.1) is 17.7 Å². The van der Waals surface area contributed by atoms with Crippen LogP contribution in [0.5, 0.6) is 0 Å². The van der Waals surface area contributed by atoms with Gasteiger partial charge in [0.2, 0.25) is 5.91 Å². The Morgan fingerprint density at radius 3 is 2.81 bits per heavy atom. The number of aromatic amines is 1. The molecule has 1 aliphatic rings. The molecule has 4 rings (SSSR count). The Morgan fingerprint density at radius 2 is 2.08 bits per heavy atom. The van der Waals surface area contributed by atoms with Gasteiger partial charge in [-0.15, -0.1) is 0 Å². The number of H-pyrrole nitrogens is 1. The number of amides is 2. The zero-order valence-corrected chi connectivity index (χ0v) is 20.1. The summed E-state index contributed by atoms with van der Waals surface area (Å²) >= 11 is 6.08. The number of rotatable bonds is 5. The summed E-state index contributed by atoms with van der Waals surface area (Å²) in [7, 11) is 0. The van der Waals surface area contributed by atoms with Crippen LogP contribution in [-0.4, -0.2) is 81.3 Å². The van der Waals surface area contributed by atoms with Crippen LogP contribution in [0, 0.1) is 0 Å². The molecule has 0 unspecified atom stereocenters. The van der Waals surface area contributed by atoms with Crippen LogP contribution in [0.25, 0.3) is 22.4 Å². The molecule has 0 aliphatic carbocycles. The van der Waals surface area contributed by atoms with Gasteiger partial charge in [-0.05, 0) is 26.0 Å². The van der Waals surface area contributed by atoms with Gasteiger partial charge in [0.25, 0.3) is 0 Å². The standard InChI is InChI=1S/C22H23ClF3N7O3/c1-12(2)36-21(35)32-5-6-33(16(10-32)20(34)30-11-22(24,25)26)17-3-4-27-19(31-17)15-9-29-18-14(15)7-13(23)8-28-18/h3-4,7-9,12,16H,5-6,10-11H2,1-2H3,(H,28,29)(H,30,34)/t16-/m0/s1. The summed E-state index contributed by atoms with van der Waals surface area (Å²) in [5, 5.41) is 3.01. The zero-order valence-electron chi connectivity index (χ0n) is 19.3. The van der Waals surface area contributed by atoms with E-state index in [1.807, 2.05) is 5.32 Å². The number of hydrogen-bond acceptors (Lipinski definition) is 7. The maximum atomic E-state index is 12.8. The maximum Gasteiger partial charge on any atom is 0.410 e. The van der Waals surface area contributed by atoms with Gasteiger partial charge in [-0.1, -0.05) is 11.6 Å². The number of anilines is 1. The smallest absolute Gasteiger partial charge is 0.410 e. The van der Waals surface area contributed by atoms with Gasteiger partial charge in [0, 0.05) is 42.6 Å². The summed E-state index contributed by atoms with van der Waals surface area (Å²) in [4.78, 5) is 44.2. The Labute approximate surface area is 208 Å². The van der Waals surface area contributed by atoms with Gasteiger partial charge >= 0.3 is 12.3 Å². The number of ether oxygens (including phenoxy) is 1. The highest BCUT2D eigenvalue weighted by molar-refractivity contribution is 6.31. The number of carbonyl (C=O) groups is 2. The molecule has 14 heteroatoms. The molecule has 2 amide bonds. The van der Waals surface area contributed by atoms with Crippen molar-refractivity contribution in [3.63, 3.8) is 0 Å². The Morgan fingerprint density at radius 1 is 1.31 bits per heavy atom. The fourth-order valence-corrected chi connectivity index (χ4v) is 3.99. The third kappa shape index (κ3) is 5.78. The fraction of sp³-hybridized carbons (Fsp3) is 0.409. The van der Waals surface area contributed by atoms with Gasteiger partial charge in [-0.3, -0.25) is 4.79 Å². The topological polar surface area (TPSA) is 116 Å². The fourth-order valence-electron chi connectivity index (χ4n) is 3.83. The molecule has 0 saturated carbocycles. The number of pyridine rings is 1. The van der Waals surface area contributed by atoms with Gasteiger partial charge in [-0.2, -0.15) is 13.2 Å². The highest BCUT2D eigenvalue weighted by Gasteiger charge is 2.38. The number of alkyl halides is 3. The number of halogens is 4. The second kappa shape index (κ2) is 10.2. The quantitative estimate of drug-likeness (QED) is 0.524. The monoisotopic (exact) mass is 525 g/mol. The van der Waals surface area contributed by atoms with Gasteiger partial charge in [-0.25, -0.2) is 19.7 Å². The molecule has 192 valence electrons. The first-order valence-corrected chi connectivity index (χ1v) is 11.4. The van der Waals surface area contributed by atoms with E-state index in [0.717, 1.165) is 0 Å². The predicted molar refractivity (Wildman–Crippen MR) is 126 cm³/mol. The highest BCUT2D eigenvalue weighted by atomic mass is 35.5. The molecule has 3 aromatic rings. The molecule has 36 heavy (non-hydrogen) atoms. The second-order valence-corrected chi connectivity index (χ2v) is 8.85. The summed E-state index contributed by atoms with van der Waals surface area (Å²) in [6, 6.07) is 2.12. The minimum Gasteiger partial charge on any atom is -0.447 e. The molecule has 10 nitrogen and oxygen atoms in total. The number of fused-ring (bicyclic) bond motifs is 1. The predicted octanol–water partition coefficient (Wildman–Crippen LogP) is 3.39. The molecule has 1 saturated heterocycles. The van der Waals surface area contributed by atoms with Crippen molar-refractivity contribution >= 4 is 40.5 Å². The Kier molecular flexibility index (Phi) is 7.20. The minimum atomic E-state index is -4.59. The maximum absolute atomic E-state index is 12.8. The molecule has 1 fully saturated rings. The molecule has 0 aromatic carbocycles. The first-order chi connectivity index (χ1) is 17.0. The van der Waals surface area contributed by atoms with E-state index in [4.69, 9.17) is 16.3 Å². The van der Waals surface area contributed by atoms with Crippen LogP contribution < -0.4 is 10.2 Å². The average Bonchev–Trinajstić information content (AvgIpc) is 3.24. The van der Waals surface area contributed by atoms with E-state index in [9.17, 15) is 22.8 Å². The lowest BCUT2D eigenvalue weighted by Crippen LogP contribution is -2.61. The summed E-state index contributed by atoms with van der Waals surface area (Å²) in [6.45, 7) is 2.00. The second-order valence-electron chi connectivity index (χ2n) is 8.41. The van der Waals surface area contributed by atoms with Crippen LogP contribution in [0.2, 0.25) is 5.02 Å². The molecule has 0 bridgehead atoms. The largest absolute Gasteiger partial charge is 0.447 e. The van der Waals surface area contributed by atoms with Crippen LogP contribution in [-0.2, 0) is 9.53 Å². The van der Waals surface area contributed by atoms with Gasteiger partial charge < -0.3 is 24.8 Å². The number of carbonyl (C=O) groups excluding carboxylic acids is 2. The van der Waals surface area contributed by atoms with Crippen molar-refractivity contribution in [2.24, 2.45) is 0 Å². The van der Waals surface area contributed by atoms with E-state index in [0.29, 0.717) is 33.3 Å². The first kappa shape index (κ1) is 25.5. The van der Waals surface area contributed by atoms with Crippen LogP contribution in [0.15, 0.2) is 30.7 Å². The van der Waals surface area contributed by atoms with Crippen molar-refractivity contribution in [1.29, 1.82) is 0 Å². The van der Waals surface area contributed by atoms with Crippen LogP contribution >= 0.6 is 11.6 Å². The van der Waals surface area contributed by atoms with E-state index in [2.05, 4.69) is 19.9 Å². The summed E-state index contributed by atoms with van der Waals surface area (Å²) in [5.41, 5.74) is 1.18. The van der Waals surface area contributed by atoms with Crippen LogP contribution in [0.4, 0.5) is 23.8 Å². The number of piperazine rings is 1. The number of aromatic nitrogens is 4. The third-order valence-electron chi connectivity index (χ3n) is 5.41. The van der Waals surface area contributed by atoms with Crippen molar-refractivity contribution in [3.8, 4) is 11.4 Å². The highest BCUT2D eigenvalue weighted by Crippen LogP contribution is 2.29. The number of hydrogen-bond donors (Lipinski definition) is 2. The first-order valence-electron chi connectivity index (χ1n) is 11.0. The summed E-state index contributed by atoms with van der Waals surface area (Å²) in [6.07, 6.45) is -0.978. The summed E-state index contributed by atoms with van der Waals surface area (Å²) < 4.78 is 43.5. The van der Waals surface area contributed by atoms with E-state index in [1.165, 1.54) is 17.3 Å².